The molecule has 1 atom stereocenters. The summed E-state index contributed by atoms with van der Waals surface area (Å²) in [5.74, 6) is 2.02. The molecule has 0 saturated carbocycles. The van der Waals surface area contributed by atoms with Crippen LogP contribution in [-0.2, 0) is 12.8 Å². The van der Waals surface area contributed by atoms with Crippen molar-refractivity contribution >= 4 is 0 Å². The maximum atomic E-state index is 5.70. The fraction of sp³-hybridized carbons (Fsp3) is 0.667. The van der Waals surface area contributed by atoms with Crippen LogP contribution in [0.15, 0.2) is 6.20 Å². The number of fused-ring (bicyclic) bond motifs is 1. The molecule has 1 heterocycles. The van der Waals surface area contributed by atoms with Gasteiger partial charge >= 0.3 is 0 Å². The van der Waals surface area contributed by atoms with Crippen LogP contribution in [-0.4, -0.2) is 16.5 Å². The third kappa shape index (κ3) is 2.17. The highest BCUT2D eigenvalue weighted by Crippen LogP contribution is 2.24. The number of hydrogen-bond acceptors (Lipinski definition) is 3. The zero-order valence-electron chi connectivity index (χ0n) is 9.53. The van der Waals surface area contributed by atoms with Crippen molar-refractivity contribution in [1.29, 1.82) is 0 Å². The summed E-state index contributed by atoms with van der Waals surface area (Å²) in [4.78, 5) is 9.04. The van der Waals surface area contributed by atoms with E-state index < -0.39 is 0 Å². The minimum absolute atomic E-state index is 0.419. The highest BCUT2D eigenvalue weighted by Gasteiger charge is 2.19. The molecule has 3 nitrogen and oxygen atoms in total. The molecule has 3 heteroatoms. The Bertz CT molecular complexity index is 347. The van der Waals surface area contributed by atoms with Gasteiger partial charge in [0, 0.05) is 17.8 Å². The zero-order valence-corrected chi connectivity index (χ0v) is 9.53. The van der Waals surface area contributed by atoms with Crippen LogP contribution in [0.25, 0.3) is 0 Å². The molecule has 0 amide bonds. The quantitative estimate of drug-likeness (QED) is 0.799. The molecule has 1 aromatic rings. The van der Waals surface area contributed by atoms with Crippen LogP contribution in [0.5, 0.6) is 0 Å². The second kappa shape index (κ2) is 4.27. The van der Waals surface area contributed by atoms with Crippen molar-refractivity contribution in [3.63, 3.8) is 0 Å². The van der Waals surface area contributed by atoms with Crippen LogP contribution in [0.2, 0.25) is 0 Å². The first-order chi connectivity index (χ1) is 7.20. The third-order valence-electron chi connectivity index (χ3n) is 3.12. The Balaban J connectivity index is 2.24. The van der Waals surface area contributed by atoms with Gasteiger partial charge in [-0.25, -0.2) is 9.97 Å². The molecule has 1 aromatic heterocycles. The van der Waals surface area contributed by atoms with Crippen molar-refractivity contribution in [2.75, 3.05) is 6.54 Å². The molecule has 0 aromatic carbocycles. The van der Waals surface area contributed by atoms with E-state index in [1.807, 2.05) is 6.20 Å². The molecule has 0 bridgehead atoms. The zero-order chi connectivity index (χ0) is 10.8. The lowest BCUT2D eigenvalue weighted by Crippen LogP contribution is -2.23. The number of aryl methyl sites for hydroxylation is 1. The average Bonchev–Trinajstić information content (AvgIpc) is 2.27. The summed E-state index contributed by atoms with van der Waals surface area (Å²) in [6, 6.07) is 0. The van der Waals surface area contributed by atoms with Gasteiger partial charge in [0.2, 0.25) is 0 Å². The molecular weight excluding hydrogens is 186 g/mol. The highest BCUT2D eigenvalue weighted by atomic mass is 14.9. The van der Waals surface area contributed by atoms with E-state index in [1.165, 1.54) is 17.7 Å². The van der Waals surface area contributed by atoms with Gasteiger partial charge in [0.05, 0.1) is 0 Å². The first kappa shape index (κ1) is 10.6. The first-order valence-corrected chi connectivity index (χ1v) is 5.75. The molecule has 0 fully saturated rings. The van der Waals surface area contributed by atoms with Gasteiger partial charge in [0.1, 0.15) is 5.82 Å². The molecule has 0 saturated heterocycles. The van der Waals surface area contributed by atoms with Crippen molar-refractivity contribution in [2.24, 2.45) is 11.7 Å². The van der Waals surface area contributed by atoms with E-state index in [9.17, 15) is 0 Å². The average molecular weight is 205 g/mol. The molecule has 2 rings (SSSR count). The summed E-state index contributed by atoms with van der Waals surface area (Å²) in [6.45, 7) is 5.05. The minimum atomic E-state index is 0.419. The summed E-state index contributed by atoms with van der Waals surface area (Å²) in [5, 5.41) is 0. The van der Waals surface area contributed by atoms with E-state index in [4.69, 9.17) is 5.73 Å². The Morgan fingerprint density at radius 2 is 2.33 bits per heavy atom. The first-order valence-electron chi connectivity index (χ1n) is 5.75. The molecule has 0 spiro atoms. The van der Waals surface area contributed by atoms with Crippen molar-refractivity contribution in [3.8, 4) is 0 Å². The molecule has 1 aliphatic rings. The van der Waals surface area contributed by atoms with Gasteiger partial charge in [0.25, 0.3) is 0 Å². The van der Waals surface area contributed by atoms with Crippen LogP contribution < -0.4 is 5.73 Å². The van der Waals surface area contributed by atoms with Gasteiger partial charge in [-0.15, -0.1) is 0 Å². The summed E-state index contributed by atoms with van der Waals surface area (Å²) < 4.78 is 0. The van der Waals surface area contributed by atoms with Gasteiger partial charge < -0.3 is 5.73 Å². The smallest absolute Gasteiger partial charge is 0.131 e. The van der Waals surface area contributed by atoms with Crippen molar-refractivity contribution in [1.82, 2.24) is 9.97 Å². The summed E-state index contributed by atoms with van der Waals surface area (Å²) in [6.07, 6.45) is 5.31. The Kier molecular flexibility index (Phi) is 3.00. The van der Waals surface area contributed by atoms with Crippen molar-refractivity contribution in [2.45, 2.75) is 39.0 Å². The minimum Gasteiger partial charge on any atom is -0.330 e. The molecule has 0 aliphatic heterocycles. The molecule has 1 aliphatic carbocycles. The monoisotopic (exact) mass is 205 g/mol. The van der Waals surface area contributed by atoms with Gasteiger partial charge in [-0.2, -0.15) is 0 Å². The van der Waals surface area contributed by atoms with Crippen LogP contribution in [0, 0.1) is 5.92 Å². The summed E-state index contributed by atoms with van der Waals surface area (Å²) in [7, 11) is 0. The molecule has 1 unspecified atom stereocenters. The maximum Gasteiger partial charge on any atom is 0.131 e. The SMILES string of the molecule is CC(C)c1ncc2c(n1)CCC(CN)C2. The Morgan fingerprint density at radius 3 is 3.00 bits per heavy atom. The number of nitrogens with two attached hydrogens (primary N) is 1. The number of hydrogen-bond donors (Lipinski definition) is 1. The molecule has 2 N–H and O–H groups in total. The summed E-state index contributed by atoms with van der Waals surface area (Å²) >= 11 is 0. The Labute approximate surface area is 91.1 Å². The predicted molar refractivity (Wildman–Crippen MR) is 60.7 cm³/mol. The fourth-order valence-corrected chi connectivity index (χ4v) is 2.08. The van der Waals surface area contributed by atoms with Crippen LogP contribution in [0.1, 0.15) is 43.3 Å². The van der Waals surface area contributed by atoms with E-state index in [1.54, 1.807) is 0 Å². The lowest BCUT2D eigenvalue weighted by atomic mass is 9.87. The Hall–Kier alpha value is -0.960. The lowest BCUT2D eigenvalue weighted by Gasteiger charge is -2.22. The second-order valence-electron chi connectivity index (χ2n) is 4.70. The second-order valence-corrected chi connectivity index (χ2v) is 4.70. The fourth-order valence-electron chi connectivity index (χ4n) is 2.08. The predicted octanol–water partition coefficient (Wildman–Crippen LogP) is 1.66. The summed E-state index contributed by atoms with van der Waals surface area (Å²) in [5.41, 5.74) is 8.25. The van der Waals surface area contributed by atoms with Crippen molar-refractivity contribution < 1.29 is 0 Å². The largest absolute Gasteiger partial charge is 0.330 e. The van der Waals surface area contributed by atoms with Gasteiger partial charge in [-0.3, -0.25) is 0 Å². The van der Waals surface area contributed by atoms with Crippen LogP contribution >= 0.6 is 0 Å². The number of nitrogens with zero attached hydrogens (tertiary/aromatic N) is 2. The molecule has 82 valence electrons. The normalized spacial score (nSPS) is 20.4. The highest BCUT2D eigenvalue weighted by molar-refractivity contribution is 5.22. The van der Waals surface area contributed by atoms with E-state index in [2.05, 4.69) is 23.8 Å². The lowest BCUT2D eigenvalue weighted by molar-refractivity contribution is 0.459. The van der Waals surface area contributed by atoms with E-state index in [-0.39, 0.29) is 0 Å². The number of rotatable bonds is 2. The van der Waals surface area contributed by atoms with Crippen molar-refractivity contribution in [3.05, 3.63) is 23.3 Å². The third-order valence-corrected chi connectivity index (χ3v) is 3.12. The topological polar surface area (TPSA) is 51.8 Å². The van der Waals surface area contributed by atoms with Gasteiger partial charge in [-0.05, 0) is 37.3 Å². The molecular formula is C12H19N3. The molecule has 0 radical (unpaired) electrons. The van der Waals surface area contributed by atoms with Crippen LogP contribution in [0.3, 0.4) is 0 Å². The van der Waals surface area contributed by atoms with E-state index in [0.717, 1.165) is 25.2 Å². The van der Waals surface area contributed by atoms with Gasteiger partial charge in [-0.1, -0.05) is 13.8 Å². The molecule has 15 heavy (non-hydrogen) atoms. The van der Waals surface area contributed by atoms with Gasteiger partial charge in [0.15, 0.2) is 0 Å². The maximum absolute atomic E-state index is 5.70. The Morgan fingerprint density at radius 1 is 1.53 bits per heavy atom. The standard InChI is InChI=1S/C12H19N3/c1-8(2)12-14-7-10-5-9(6-13)3-4-11(10)15-12/h7-9H,3-6,13H2,1-2H3. The number of aromatic nitrogens is 2. The van der Waals surface area contributed by atoms with E-state index >= 15 is 0 Å². The van der Waals surface area contributed by atoms with E-state index in [0.29, 0.717) is 11.8 Å². The van der Waals surface area contributed by atoms with Crippen LogP contribution in [0.4, 0.5) is 0 Å².